The number of para-hydroxylation sites is 1. The first-order valence-electron chi connectivity index (χ1n) is 6.32. The van der Waals surface area contributed by atoms with Crippen molar-refractivity contribution in [3.8, 4) is 0 Å². The van der Waals surface area contributed by atoms with Gasteiger partial charge >= 0.3 is 0 Å². The predicted molar refractivity (Wildman–Crippen MR) is 74.0 cm³/mol. The first-order valence-corrected chi connectivity index (χ1v) is 6.32. The third kappa shape index (κ3) is 1.87. The normalized spacial score (nSPS) is 15.6. The topological polar surface area (TPSA) is 42.1 Å². The number of pyridine rings is 1. The minimum Gasteiger partial charge on any atom is -0.326 e. The highest BCUT2D eigenvalue weighted by Gasteiger charge is 2.20. The highest BCUT2D eigenvalue weighted by Crippen LogP contribution is 2.33. The van der Waals surface area contributed by atoms with Crippen LogP contribution < -0.4 is 10.6 Å². The van der Waals surface area contributed by atoms with Crippen LogP contribution in [0.15, 0.2) is 42.6 Å². The smallest absolute Gasteiger partial charge is 0.133 e. The van der Waals surface area contributed by atoms with Crippen molar-refractivity contribution in [2.24, 2.45) is 5.73 Å². The van der Waals surface area contributed by atoms with Crippen molar-refractivity contribution in [1.29, 1.82) is 0 Å². The van der Waals surface area contributed by atoms with E-state index in [1.54, 1.807) is 0 Å². The van der Waals surface area contributed by atoms with E-state index >= 15 is 0 Å². The lowest BCUT2D eigenvalue weighted by Gasteiger charge is -2.19. The van der Waals surface area contributed by atoms with Crippen molar-refractivity contribution in [3.05, 3.63) is 53.7 Å². The van der Waals surface area contributed by atoms with Crippen LogP contribution in [0.2, 0.25) is 0 Å². The quantitative estimate of drug-likeness (QED) is 0.876. The summed E-state index contributed by atoms with van der Waals surface area (Å²) < 4.78 is 0. The molecule has 0 spiro atoms. The second kappa shape index (κ2) is 4.42. The number of hydrogen-bond acceptors (Lipinski definition) is 3. The van der Waals surface area contributed by atoms with Gasteiger partial charge in [0.2, 0.25) is 0 Å². The van der Waals surface area contributed by atoms with Crippen molar-refractivity contribution in [2.75, 3.05) is 11.4 Å². The van der Waals surface area contributed by atoms with Gasteiger partial charge in [0.15, 0.2) is 0 Å². The van der Waals surface area contributed by atoms with Crippen LogP contribution in [0.3, 0.4) is 0 Å². The Hall–Kier alpha value is -1.87. The molecule has 0 aliphatic carbocycles. The number of hydrogen-bond donors (Lipinski definition) is 1. The predicted octanol–water partition coefficient (Wildman–Crippen LogP) is 2.80. The van der Waals surface area contributed by atoms with Gasteiger partial charge in [-0.25, -0.2) is 4.98 Å². The molecule has 1 aromatic carbocycles. The molecule has 0 radical (unpaired) electrons. The summed E-state index contributed by atoms with van der Waals surface area (Å²) in [6, 6.07) is 12.6. The first-order chi connectivity index (χ1) is 8.75. The molecule has 2 N–H and O–H groups in total. The summed E-state index contributed by atoms with van der Waals surface area (Å²) in [4.78, 5) is 6.74. The minimum absolute atomic E-state index is 0.0459. The molecule has 3 nitrogen and oxygen atoms in total. The zero-order chi connectivity index (χ0) is 12.5. The minimum atomic E-state index is 0.0459. The third-order valence-corrected chi connectivity index (χ3v) is 3.46. The molecule has 0 saturated heterocycles. The van der Waals surface area contributed by atoms with Gasteiger partial charge in [-0.05, 0) is 42.7 Å². The molecule has 3 rings (SSSR count). The summed E-state index contributed by atoms with van der Waals surface area (Å²) >= 11 is 0. The number of nitrogens with zero attached hydrogens (tertiary/aromatic N) is 2. The Morgan fingerprint density at radius 1 is 1.28 bits per heavy atom. The molecule has 2 heterocycles. The number of nitrogens with two attached hydrogens (primary N) is 1. The van der Waals surface area contributed by atoms with Crippen LogP contribution in [0.1, 0.15) is 24.1 Å². The molecule has 0 unspecified atom stereocenters. The van der Waals surface area contributed by atoms with Crippen LogP contribution in [0.25, 0.3) is 0 Å². The van der Waals surface area contributed by atoms with Crippen molar-refractivity contribution >= 4 is 11.5 Å². The lowest BCUT2D eigenvalue weighted by molar-refractivity contribution is 0.813. The molecule has 1 atom stereocenters. The van der Waals surface area contributed by atoms with Crippen LogP contribution in [0.4, 0.5) is 11.5 Å². The van der Waals surface area contributed by atoms with Crippen LogP contribution in [0.5, 0.6) is 0 Å². The Morgan fingerprint density at radius 3 is 2.94 bits per heavy atom. The van der Waals surface area contributed by atoms with E-state index in [9.17, 15) is 0 Å². The van der Waals surface area contributed by atoms with Gasteiger partial charge in [-0.1, -0.05) is 18.2 Å². The van der Waals surface area contributed by atoms with E-state index < -0.39 is 0 Å². The molecule has 0 saturated carbocycles. The number of benzene rings is 1. The van der Waals surface area contributed by atoms with Crippen LogP contribution in [0, 0.1) is 0 Å². The van der Waals surface area contributed by atoms with Crippen LogP contribution in [-0.4, -0.2) is 11.5 Å². The monoisotopic (exact) mass is 239 g/mol. The summed E-state index contributed by atoms with van der Waals surface area (Å²) in [5.74, 6) is 0.995. The van der Waals surface area contributed by atoms with Crippen molar-refractivity contribution in [3.63, 3.8) is 0 Å². The molecule has 0 bridgehead atoms. The SMILES string of the molecule is C[C@H](N)c1ccnc(N2CCc3ccccc32)c1. The van der Waals surface area contributed by atoms with E-state index in [1.165, 1.54) is 11.3 Å². The fourth-order valence-corrected chi connectivity index (χ4v) is 2.44. The van der Waals surface area contributed by atoms with E-state index in [0.29, 0.717) is 0 Å². The van der Waals surface area contributed by atoms with Crippen LogP contribution >= 0.6 is 0 Å². The van der Waals surface area contributed by atoms with E-state index in [-0.39, 0.29) is 6.04 Å². The molecular formula is C15H17N3. The number of rotatable bonds is 2. The van der Waals surface area contributed by atoms with Crippen LogP contribution in [-0.2, 0) is 6.42 Å². The fraction of sp³-hybridized carbons (Fsp3) is 0.267. The van der Waals surface area contributed by atoms with Gasteiger partial charge in [0, 0.05) is 24.5 Å². The lowest BCUT2D eigenvalue weighted by Crippen LogP contribution is -2.15. The summed E-state index contributed by atoms with van der Waals surface area (Å²) in [6.07, 6.45) is 2.93. The molecule has 0 amide bonds. The number of aromatic nitrogens is 1. The van der Waals surface area contributed by atoms with Gasteiger partial charge in [-0.15, -0.1) is 0 Å². The highest BCUT2D eigenvalue weighted by atomic mass is 15.2. The van der Waals surface area contributed by atoms with Gasteiger partial charge in [-0.3, -0.25) is 0 Å². The van der Waals surface area contributed by atoms with E-state index in [2.05, 4.69) is 40.2 Å². The maximum absolute atomic E-state index is 5.93. The molecule has 18 heavy (non-hydrogen) atoms. The molecule has 1 aliphatic heterocycles. The summed E-state index contributed by atoms with van der Waals surface area (Å²) in [7, 11) is 0. The van der Waals surface area contributed by atoms with Gasteiger partial charge in [0.1, 0.15) is 5.82 Å². The van der Waals surface area contributed by atoms with E-state index in [4.69, 9.17) is 5.73 Å². The van der Waals surface area contributed by atoms with Gasteiger partial charge in [0.25, 0.3) is 0 Å². The Morgan fingerprint density at radius 2 is 2.11 bits per heavy atom. The zero-order valence-electron chi connectivity index (χ0n) is 10.5. The maximum Gasteiger partial charge on any atom is 0.133 e. The molecule has 2 aromatic rings. The van der Waals surface area contributed by atoms with Gasteiger partial charge in [-0.2, -0.15) is 0 Å². The summed E-state index contributed by atoms with van der Waals surface area (Å²) in [5.41, 5.74) is 9.72. The molecule has 92 valence electrons. The van der Waals surface area contributed by atoms with Gasteiger partial charge in [0.05, 0.1) is 0 Å². The maximum atomic E-state index is 5.93. The summed E-state index contributed by atoms with van der Waals surface area (Å²) in [6.45, 7) is 2.99. The lowest BCUT2D eigenvalue weighted by atomic mass is 10.1. The summed E-state index contributed by atoms with van der Waals surface area (Å²) in [5, 5.41) is 0. The Balaban J connectivity index is 2.00. The second-order valence-corrected chi connectivity index (χ2v) is 4.77. The molecular weight excluding hydrogens is 222 g/mol. The van der Waals surface area contributed by atoms with E-state index in [0.717, 1.165) is 24.3 Å². The number of anilines is 2. The average molecular weight is 239 g/mol. The van der Waals surface area contributed by atoms with Crippen molar-refractivity contribution in [2.45, 2.75) is 19.4 Å². The average Bonchev–Trinajstić information content (AvgIpc) is 2.82. The Kier molecular flexibility index (Phi) is 2.76. The molecule has 1 aliphatic rings. The van der Waals surface area contributed by atoms with Gasteiger partial charge < -0.3 is 10.6 Å². The number of fused-ring (bicyclic) bond motifs is 1. The Labute approximate surface area is 107 Å². The van der Waals surface area contributed by atoms with Crippen molar-refractivity contribution in [1.82, 2.24) is 4.98 Å². The standard InChI is InChI=1S/C15H17N3/c1-11(16)13-6-8-17-15(10-13)18-9-7-12-4-2-3-5-14(12)18/h2-6,8,10-11H,7,9,16H2,1H3/t11-/m0/s1. The highest BCUT2D eigenvalue weighted by molar-refractivity contribution is 5.67. The largest absolute Gasteiger partial charge is 0.326 e. The molecule has 0 fully saturated rings. The first kappa shape index (κ1) is 11.2. The molecule has 1 aromatic heterocycles. The molecule has 3 heteroatoms. The zero-order valence-corrected chi connectivity index (χ0v) is 10.5. The Bertz CT molecular complexity index is 563. The second-order valence-electron chi connectivity index (χ2n) is 4.77. The fourth-order valence-electron chi connectivity index (χ4n) is 2.44. The van der Waals surface area contributed by atoms with E-state index in [1.807, 2.05) is 19.2 Å². The van der Waals surface area contributed by atoms with Crippen molar-refractivity contribution < 1.29 is 0 Å². The third-order valence-electron chi connectivity index (χ3n) is 3.46.